The lowest BCUT2D eigenvalue weighted by atomic mass is 9.96. The van der Waals surface area contributed by atoms with Gasteiger partial charge in [-0.1, -0.05) is 21.9 Å². The van der Waals surface area contributed by atoms with Gasteiger partial charge in [-0.3, -0.25) is 4.79 Å². The second-order valence-electron chi connectivity index (χ2n) is 3.70. The average Bonchev–Trinajstić information content (AvgIpc) is 2.60. The van der Waals surface area contributed by atoms with Crippen LogP contribution in [0.3, 0.4) is 0 Å². The van der Waals surface area contributed by atoms with Crippen molar-refractivity contribution in [3.63, 3.8) is 0 Å². The quantitative estimate of drug-likeness (QED) is 0.541. The summed E-state index contributed by atoms with van der Waals surface area (Å²) in [5, 5.41) is 0. The van der Waals surface area contributed by atoms with Crippen molar-refractivity contribution in [1.29, 1.82) is 0 Å². The Bertz CT molecular complexity index is 269. The fourth-order valence-corrected chi connectivity index (χ4v) is 3.28. The number of carbonyl (C=O) groups excluding carboxylic acids is 1. The number of hydrogen-bond acceptors (Lipinski definition) is 2. The van der Waals surface area contributed by atoms with E-state index in [1.807, 2.05) is 0 Å². The van der Waals surface area contributed by atoms with Crippen molar-refractivity contribution in [2.75, 3.05) is 6.61 Å². The molecule has 0 aromatic carbocycles. The second kappa shape index (κ2) is 3.43. The lowest BCUT2D eigenvalue weighted by molar-refractivity contribution is -0.126. The van der Waals surface area contributed by atoms with E-state index in [1.165, 1.54) is 0 Å². The van der Waals surface area contributed by atoms with Crippen LogP contribution >= 0.6 is 15.9 Å². The van der Waals surface area contributed by atoms with Gasteiger partial charge >= 0.3 is 0 Å². The fourth-order valence-electron chi connectivity index (χ4n) is 2.35. The smallest absolute Gasteiger partial charge is 0.138 e. The highest BCUT2D eigenvalue weighted by Crippen LogP contribution is 2.47. The normalized spacial score (nSPS) is 42.3. The van der Waals surface area contributed by atoms with Crippen molar-refractivity contribution >= 4 is 21.7 Å². The first-order chi connectivity index (χ1) is 6.24. The van der Waals surface area contributed by atoms with E-state index in [4.69, 9.17) is 11.2 Å². The zero-order valence-corrected chi connectivity index (χ0v) is 8.79. The Hall–Kier alpha value is -0.330. The highest BCUT2D eigenvalue weighted by molar-refractivity contribution is 9.09. The molecule has 13 heavy (non-hydrogen) atoms. The first kappa shape index (κ1) is 9.23. The number of ether oxygens (including phenoxy) is 1. The maximum absolute atomic E-state index is 11.4. The molecular formula is C10H11BrO2. The van der Waals surface area contributed by atoms with Gasteiger partial charge in [0.2, 0.25) is 0 Å². The van der Waals surface area contributed by atoms with Crippen LogP contribution in [0, 0.1) is 24.2 Å². The summed E-state index contributed by atoms with van der Waals surface area (Å²) in [6.45, 7) is 0.309. The Morgan fingerprint density at radius 1 is 1.69 bits per heavy atom. The molecule has 3 heteroatoms. The lowest BCUT2D eigenvalue weighted by Gasteiger charge is -2.25. The molecule has 2 saturated carbocycles. The van der Waals surface area contributed by atoms with Crippen molar-refractivity contribution in [3.05, 3.63) is 0 Å². The molecule has 0 aromatic heterocycles. The van der Waals surface area contributed by atoms with Crippen LogP contribution in [0.2, 0.25) is 0 Å². The Labute approximate surface area is 86.2 Å². The van der Waals surface area contributed by atoms with E-state index < -0.39 is 0 Å². The number of carbonyl (C=O) groups is 1. The SMILES string of the molecule is C#CCO[C@@H]1[C@H](Br)[C@@H]2CC(=O)[C@@H]1C2. The summed E-state index contributed by atoms with van der Waals surface area (Å²) in [5.41, 5.74) is 0. The molecule has 2 rings (SSSR count). The Morgan fingerprint density at radius 2 is 2.46 bits per heavy atom. The summed E-state index contributed by atoms with van der Waals surface area (Å²) >= 11 is 3.57. The van der Waals surface area contributed by atoms with Crippen LogP contribution in [0.25, 0.3) is 0 Å². The molecule has 0 heterocycles. The number of ketones is 1. The standard InChI is InChI=1S/C10H11BrO2/c1-2-3-13-10-7-4-6(9(10)11)5-8(7)12/h1,6-7,9-10H,3-5H2/t6-,7-,9+,10-/m0/s1. The second-order valence-corrected chi connectivity index (χ2v) is 4.75. The molecule has 2 nitrogen and oxygen atoms in total. The van der Waals surface area contributed by atoms with Gasteiger partial charge in [-0.15, -0.1) is 6.42 Å². The van der Waals surface area contributed by atoms with E-state index in [-0.39, 0.29) is 12.0 Å². The number of terminal acetylenes is 1. The predicted octanol–water partition coefficient (Wildman–Crippen LogP) is 1.38. The number of hydrogen-bond donors (Lipinski definition) is 0. The molecule has 0 aromatic rings. The van der Waals surface area contributed by atoms with Gasteiger partial charge in [0.25, 0.3) is 0 Å². The van der Waals surface area contributed by atoms with Crippen molar-refractivity contribution in [3.8, 4) is 12.3 Å². The molecule has 2 aliphatic carbocycles. The average molecular weight is 243 g/mol. The van der Waals surface area contributed by atoms with Gasteiger partial charge in [0, 0.05) is 17.2 Å². The molecule has 2 bridgehead atoms. The third-order valence-electron chi connectivity index (χ3n) is 2.95. The maximum atomic E-state index is 11.4. The molecule has 2 aliphatic rings. The Morgan fingerprint density at radius 3 is 3.08 bits per heavy atom. The number of halogens is 1. The minimum absolute atomic E-state index is 0.0160. The molecule has 4 atom stereocenters. The van der Waals surface area contributed by atoms with Crippen LogP contribution in [0.1, 0.15) is 12.8 Å². The van der Waals surface area contributed by atoms with Crippen molar-refractivity contribution < 1.29 is 9.53 Å². The molecular weight excluding hydrogens is 232 g/mol. The minimum Gasteiger partial charge on any atom is -0.364 e. The molecule has 0 saturated heterocycles. The van der Waals surface area contributed by atoms with Gasteiger partial charge in [0.05, 0.1) is 6.10 Å². The van der Waals surface area contributed by atoms with Gasteiger partial charge in [0.15, 0.2) is 0 Å². The third kappa shape index (κ3) is 1.43. The fraction of sp³-hybridized carbons (Fsp3) is 0.700. The first-order valence-electron chi connectivity index (χ1n) is 4.46. The molecule has 2 fully saturated rings. The molecule has 0 aliphatic heterocycles. The highest BCUT2D eigenvalue weighted by atomic mass is 79.9. The largest absolute Gasteiger partial charge is 0.364 e. The monoisotopic (exact) mass is 242 g/mol. The van der Waals surface area contributed by atoms with E-state index >= 15 is 0 Å². The van der Waals surface area contributed by atoms with E-state index in [0.29, 0.717) is 23.1 Å². The Balaban J connectivity index is 2.04. The van der Waals surface area contributed by atoms with Crippen LogP contribution < -0.4 is 0 Å². The van der Waals surface area contributed by atoms with Crippen LogP contribution in [-0.2, 0) is 9.53 Å². The topological polar surface area (TPSA) is 26.3 Å². The van der Waals surface area contributed by atoms with Gasteiger partial charge in [0.1, 0.15) is 12.4 Å². The zero-order valence-electron chi connectivity index (χ0n) is 7.20. The van der Waals surface area contributed by atoms with Crippen molar-refractivity contribution in [2.45, 2.75) is 23.8 Å². The van der Waals surface area contributed by atoms with Crippen molar-refractivity contribution in [2.24, 2.45) is 11.8 Å². The Kier molecular flexibility index (Phi) is 2.44. The van der Waals surface area contributed by atoms with Crippen LogP contribution in [0.4, 0.5) is 0 Å². The summed E-state index contributed by atoms with van der Waals surface area (Å²) in [6, 6.07) is 0. The highest BCUT2D eigenvalue weighted by Gasteiger charge is 2.51. The molecule has 0 amide bonds. The molecule has 0 N–H and O–H groups in total. The molecule has 0 radical (unpaired) electrons. The van der Waals surface area contributed by atoms with Gasteiger partial charge < -0.3 is 4.74 Å². The first-order valence-corrected chi connectivity index (χ1v) is 5.37. The van der Waals surface area contributed by atoms with Crippen molar-refractivity contribution in [1.82, 2.24) is 0 Å². The summed E-state index contributed by atoms with van der Waals surface area (Å²) in [5.74, 6) is 3.36. The summed E-state index contributed by atoms with van der Waals surface area (Å²) < 4.78 is 5.46. The number of rotatable bonds is 2. The van der Waals surface area contributed by atoms with Crippen LogP contribution in [-0.4, -0.2) is 23.3 Å². The van der Waals surface area contributed by atoms with Gasteiger partial charge in [-0.25, -0.2) is 0 Å². The summed E-state index contributed by atoms with van der Waals surface area (Å²) in [4.78, 5) is 11.7. The van der Waals surface area contributed by atoms with E-state index in [0.717, 1.165) is 12.8 Å². The molecule has 0 unspecified atom stereocenters. The minimum atomic E-state index is 0.0160. The number of alkyl halides is 1. The van der Waals surface area contributed by atoms with Gasteiger partial charge in [-0.2, -0.15) is 0 Å². The van der Waals surface area contributed by atoms with E-state index in [9.17, 15) is 4.79 Å². The molecule has 0 spiro atoms. The van der Waals surface area contributed by atoms with E-state index in [2.05, 4.69) is 21.9 Å². The third-order valence-corrected chi connectivity index (χ3v) is 4.22. The van der Waals surface area contributed by atoms with E-state index in [1.54, 1.807) is 0 Å². The van der Waals surface area contributed by atoms with Crippen LogP contribution in [0.5, 0.6) is 0 Å². The summed E-state index contributed by atoms with van der Waals surface area (Å²) in [7, 11) is 0. The lowest BCUT2D eigenvalue weighted by Crippen LogP contribution is -2.35. The van der Waals surface area contributed by atoms with Gasteiger partial charge in [-0.05, 0) is 12.3 Å². The maximum Gasteiger partial charge on any atom is 0.138 e. The molecule has 70 valence electrons. The zero-order chi connectivity index (χ0) is 9.42. The number of fused-ring (bicyclic) bond motifs is 2. The summed E-state index contributed by atoms with van der Waals surface area (Å²) in [6.07, 6.45) is 6.82. The predicted molar refractivity (Wildman–Crippen MR) is 52.5 cm³/mol. The van der Waals surface area contributed by atoms with Crippen LogP contribution in [0.15, 0.2) is 0 Å². The number of Topliss-reactive ketones (excluding diaryl/α,β-unsaturated/α-hetero) is 1.